The number of carbonyl (C=O) groups is 1. The molecule has 4 heteroatoms. The molecule has 15 heavy (non-hydrogen) atoms. The lowest BCUT2D eigenvalue weighted by Gasteiger charge is -2.24. The number of carbonyl (C=O) groups excluding carboxylic acids is 1. The van der Waals surface area contributed by atoms with Gasteiger partial charge in [0.2, 0.25) is 5.91 Å². The van der Waals surface area contributed by atoms with Gasteiger partial charge in [-0.1, -0.05) is 0 Å². The molecular weight excluding hydrogens is 192 g/mol. The number of nitriles is 1. The fraction of sp³-hybridized carbons (Fsp3) is 0.818. The predicted molar refractivity (Wildman–Crippen MR) is 55.8 cm³/mol. The van der Waals surface area contributed by atoms with Gasteiger partial charge >= 0.3 is 0 Å². The second kappa shape index (κ2) is 4.19. The number of aliphatic hydroxyl groups is 1. The Morgan fingerprint density at radius 1 is 1.67 bits per heavy atom. The van der Waals surface area contributed by atoms with E-state index in [2.05, 4.69) is 0 Å². The Balaban J connectivity index is 2.63. The fourth-order valence-electron chi connectivity index (χ4n) is 1.81. The molecule has 0 saturated carbocycles. The minimum atomic E-state index is -0.951. The van der Waals surface area contributed by atoms with E-state index in [0.717, 1.165) is 6.42 Å². The predicted octanol–water partition coefficient (Wildman–Crippen LogP) is 0.765. The minimum Gasteiger partial charge on any atom is -0.393 e. The Labute approximate surface area is 90.5 Å². The Morgan fingerprint density at radius 3 is 2.67 bits per heavy atom. The first-order chi connectivity index (χ1) is 6.88. The molecule has 0 aromatic carbocycles. The Kier molecular flexibility index (Phi) is 3.35. The molecule has 0 spiro atoms. The molecule has 0 aliphatic carbocycles. The van der Waals surface area contributed by atoms with Crippen LogP contribution in [0.5, 0.6) is 0 Å². The maximum Gasteiger partial charge on any atom is 0.242 e. The van der Waals surface area contributed by atoms with Gasteiger partial charge in [-0.25, -0.2) is 0 Å². The van der Waals surface area contributed by atoms with Crippen LogP contribution in [0.3, 0.4) is 0 Å². The molecule has 1 saturated heterocycles. The quantitative estimate of drug-likeness (QED) is 0.732. The number of likely N-dealkylation sites (tertiary alicyclic amines) is 1. The Hall–Kier alpha value is -1.08. The zero-order valence-corrected chi connectivity index (χ0v) is 9.53. The van der Waals surface area contributed by atoms with Crippen molar-refractivity contribution in [3.63, 3.8) is 0 Å². The van der Waals surface area contributed by atoms with E-state index in [1.807, 2.05) is 6.07 Å². The number of hydrogen-bond acceptors (Lipinski definition) is 3. The van der Waals surface area contributed by atoms with Crippen LogP contribution in [0.1, 0.15) is 27.2 Å². The number of hydrogen-bond donors (Lipinski definition) is 1. The summed E-state index contributed by atoms with van der Waals surface area (Å²) in [5.74, 6) is 0.0246. The molecule has 4 nitrogen and oxygen atoms in total. The number of aliphatic hydroxyl groups excluding tert-OH is 1. The van der Waals surface area contributed by atoms with Crippen LogP contribution in [-0.4, -0.2) is 35.1 Å². The van der Waals surface area contributed by atoms with Gasteiger partial charge in [-0.3, -0.25) is 4.79 Å². The van der Waals surface area contributed by atoms with Crippen molar-refractivity contribution in [1.82, 2.24) is 4.90 Å². The van der Waals surface area contributed by atoms with Crippen LogP contribution in [0, 0.1) is 22.7 Å². The lowest BCUT2D eigenvalue weighted by molar-refractivity contribution is -0.136. The van der Waals surface area contributed by atoms with Crippen molar-refractivity contribution in [2.75, 3.05) is 13.1 Å². The Morgan fingerprint density at radius 2 is 2.27 bits per heavy atom. The van der Waals surface area contributed by atoms with E-state index in [0.29, 0.717) is 13.1 Å². The standard InChI is InChI=1S/C11H18N2O2/c1-8(14)9-4-5-13(6-9)10(15)11(2,3)7-12/h8-9,14H,4-6H2,1-3H3. The van der Waals surface area contributed by atoms with Crippen molar-refractivity contribution in [1.29, 1.82) is 5.26 Å². The highest BCUT2D eigenvalue weighted by atomic mass is 16.3. The molecule has 1 aliphatic heterocycles. The zero-order chi connectivity index (χ0) is 11.6. The van der Waals surface area contributed by atoms with Gasteiger partial charge in [-0.15, -0.1) is 0 Å². The fourth-order valence-corrected chi connectivity index (χ4v) is 1.81. The third-order valence-corrected chi connectivity index (χ3v) is 3.01. The molecule has 0 aromatic heterocycles. The van der Waals surface area contributed by atoms with Crippen LogP contribution in [0.25, 0.3) is 0 Å². The lowest BCUT2D eigenvalue weighted by Crippen LogP contribution is -2.39. The van der Waals surface area contributed by atoms with Crippen LogP contribution < -0.4 is 0 Å². The molecule has 2 unspecified atom stereocenters. The third kappa shape index (κ3) is 2.48. The summed E-state index contributed by atoms with van der Waals surface area (Å²) >= 11 is 0. The van der Waals surface area contributed by atoms with Crippen LogP contribution in [0.4, 0.5) is 0 Å². The summed E-state index contributed by atoms with van der Waals surface area (Å²) in [5.41, 5.74) is -0.951. The van der Waals surface area contributed by atoms with E-state index >= 15 is 0 Å². The molecule has 0 aromatic rings. The first-order valence-corrected chi connectivity index (χ1v) is 5.27. The van der Waals surface area contributed by atoms with E-state index in [1.165, 1.54) is 0 Å². The third-order valence-electron chi connectivity index (χ3n) is 3.01. The summed E-state index contributed by atoms with van der Waals surface area (Å²) in [5, 5.41) is 18.3. The Bertz CT molecular complexity index is 291. The van der Waals surface area contributed by atoms with E-state index < -0.39 is 5.41 Å². The van der Waals surface area contributed by atoms with Gasteiger partial charge in [-0.2, -0.15) is 5.26 Å². The van der Waals surface area contributed by atoms with Gasteiger partial charge in [0.15, 0.2) is 0 Å². The van der Waals surface area contributed by atoms with E-state index in [-0.39, 0.29) is 17.9 Å². The van der Waals surface area contributed by atoms with Crippen molar-refractivity contribution in [3.8, 4) is 6.07 Å². The molecule has 0 bridgehead atoms. The normalized spacial score (nSPS) is 23.7. The first kappa shape index (κ1) is 12.0. The van der Waals surface area contributed by atoms with Crippen molar-refractivity contribution >= 4 is 5.91 Å². The largest absolute Gasteiger partial charge is 0.393 e. The van der Waals surface area contributed by atoms with Crippen molar-refractivity contribution in [3.05, 3.63) is 0 Å². The monoisotopic (exact) mass is 210 g/mol. The highest BCUT2D eigenvalue weighted by molar-refractivity contribution is 5.84. The SMILES string of the molecule is CC(O)C1CCN(C(=O)C(C)(C)C#N)C1. The molecule has 2 atom stereocenters. The van der Waals surface area contributed by atoms with Crippen LogP contribution >= 0.6 is 0 Å². The minimum absolute atomic E-state index is 0.131. The maximum atomic E-state index is 11.9. The highest BCUT2D eigenvalue weighted by Crippen LogP contribution is 2.25. The number of rotatable bonds is 2. The summed E-state index contributed by atoms with van der Waals surface area (Å²) in [7, 11) is 0. The molecule has 1 amide bonds. The van der Waals surface area contributed by atoms with Crippen molar-refractivity contribution < 1.29 is 9.90 Å². The number of amides is 1. The van der Waals surface area contributed by atoms with Crippen molar-refractivity contribution in [2.24, 2.45) is 11.3 Å². The van der Waals surface area contributed by atoms with Gasteiger partial charge in [0.1, 0.15) is 5.41 Å². The lowest BCUT2D eigenvalue weighted by atomic mass is 9.94. The summed E-state index contributed by atoms with van der Waals surface area (Å²) in [6.07, 6.45) is 0.443. The van der Waals surface area contributed by atoms with Gasteiger partial charge < -0.3 is 10.0 Å². The average molecular weight is 210 g/mol. The molecule has 84 valence electrons. The maximum absolute atomic E-state index is 11.9. The van der Waals surface area contributed by atoms with E-state index in [9.17, 15) is 9.90 Å². The van der Waals surface area contributed by atoms with Crippen LogP contribution in [-0.2, 0) is 4.79 Å². The molecule has 1 aliphatic rings. The molecule has 1 heterocycles. The zero-order valence-electron chi connectivity index (χ0n) is 9.53. The van der Waals surface area contributed by atoms with E-state index in [1.54, 1.807) is 25.7 Å². The average Bonchev–Trinajstić information content (AvgIpc) is 2.65. The van der Waals surface area contributed by atoms with Gasteiger partial charge in [-0.05, 0) is 27.2 Å². The topological polar surface area (TPSA) is 64.3 Å². The highest BCUT2D eigenvalue weighted by Gasteiger charge is 2.36. The van der Waals surface area contributed by atoms with Crippen molar-refractivity contribution in [2.45, 2.75) is 33.3 Å². The second-order valence-electron chi connectivity index (χ2n) is 4.78. The smallest absolute Gasteiger partial charge is 0.242 e. The molecular formula is C11H18N2O2. The summed E-state index contributed by atoms with van der Waals surface area (Å²) in [4.78, 5) is 13.6. The molecule has 0 radical (unpaired) electrons. The number of nitrogens with zero attached hydrogens (tertiary/aromatic N) is 2. The van der Waals surface area contributed by atoms with Gasteiger partial charge in [0, 0.05) is 19.0 Å². The first-order valence-electron chi connectivity index (χ1n) is 5.27. The second-order valence-corrected chi connectivity index (χ2v) is 4.78. The summed E-state index contributed by atoms with van der Waals surface area (Å²) < 4.78 is 0. The van der Waals surface area contributed by atoms with Gasteiger partial charge in [0.25, 0.3) is 0 Å². The molecule has 1 fully saturated rings. The molecule has 1 rings (SSSR count). The van der Waals surface area contributed by atoms with Crippen LogP contribution in [0.2, 0.25) is 0 Å². The summed E-state index contributed by atoms with van der Waals surface area (Å²) in [6, 6.07) is 2.01. The van der Waals surface area contributed by atoms with E-state index in [4.69, 9.17) is 5.26 Å². The van der Waals surface area contributed by atoms with Crippen LogP contribution in [0.15, 0.2) is 0 Å². The van der Waals surface area contributed by atoms with Gasteiger partial charge in [0.05, 0.1) is 12.2 Å². The summed E-state index contributed by atoms with van der Waals surface area (Å²) in [6.45, 7) is 6.23. The molecule has 1 N–H and O–H groups in total.